The molecule has 0 aliphatic carbocycles. The molecule has 0 saturated heterocycles. The Morgan fingerprint density at radius 3 is 2.84 bits per heavy atom. The Labute approximate surface area is 112 Å². The van der Waals surface area contributed by atoms with E-state index in [0.717, 1.165) is 5.56 Å². The number of ether oxygens (including phenoxy) is 2. The highest BCUT2D eigenvalue weighted by molar-refractivity contribution is 5.69. The van der Waals surface area contributed by atoms with Crippen molar-refractivity contribution in [2.24, 2.45) is 0 Å². The molecule has 0 heterocycles. The second-order valence-corrected chi connectivity index (χ2v) is 4.22. The van der Waals surface area contributed by atoms with Crippen molar-refractivity contribution in [1.29, 1.82) is 0 Å². The summed E-state index contributed by atoms with van der Waals surface area (Å²) in [5.74, 6) is -0.103. The van der Waals surface area contributed by atoms with E-state index in [9.17, 15) is 9.18 Å². The molecule has 0 amide bonds. The summed E-state index contributed by atoms with van der Waals surface area (Å²) in [7, 11) is 3.18. The Hall–Kier alpha value is -1.62. The van der Waals surface area contributed by atoms with Gasteiger partial charge in [0.05, 0.1) is 13.7 Å². The number of esters is 1. The van der Waals surface area contributed by atoms with Crippen molar-refractivity contribution in [3.05, 3.63) is 29.6 Å². The minimum absolute atomic E-state index is 0.0659. The van der Waals surface area contributed by atoms with Gasteiger partial charge in [0, 0.05) is 24.1 Å². The molecule has 0 radical (unpaired) electrons. The third-order valence-electron chi connectivity index (χ3n) is 2.89. The molecular weight excluding hydrogens is 249 g/mol. The lowest BCUT2D eigenvalue weighted by molar-refractivity contribution is -0.140. The van der Waals surface area contributed by atoms with Crippen LogP contribution in [0.3, 0.4) is 0 Å². The number of methoxy groups -OCH3 is 1. The first-order chi connectivity index (χ1) is 9.08. The van der Waals surface area contributed by atoms with E-state index in [1.54, 1.807) is 6.07 Å². The lowest BCUT2D eigenvalue weighted by Gasteiger charge is -2.16. The Bertz CT molecular complexity index is 423. The molecule has 4 nitrogen and oxygen atoms in total. The van der Waals surface area contributed by atoms with Gasteiger partial charge in [0.2, 0.25) is 0 Å². The van der Waals surface area contributed by atoms with Crippen molar-refractivity contribution in [3.63, 3.8) is 0 Å². The molecule has 1 aromatic rings. The summed E-state index contributed by atoms with van der Waals surface area (Å²) in [5, 5.41) is 3.08. The highest BCUT2D eigenvalue weighted by Crippen LogP contribution is 2.26. The van der Waals surface area contributed by atoms with Gasteiger partial charge in [-0.15, -0.1) is 0 Å². The van der Waals surface area contributed by atoms with Crippen LogP contribution >= 0.6 is 0 Å². The minimum atomic E-state index is -0.338. The van der Waals surface area contributed by atoms with Gasteiger partial charge in [-0.2, -0.15) is 0 Å². The topological polar surface area (TPSA) is 47.6 Å². The fraction of sp³-hybridized carbons (Fsp3) is 0.500. The zero-order chi connectivity index (χ0) is 14.3. The van der Waals surface area contributed by atoms with Gasteiger partial charge in [-0.1, -0.05) is 6.07 Å². The average molecular weight is 269 g/mol. The third-order valence-corrected chi connectivity index (χ3v) is 2.89. The zero-order valence-electron chi connectivity index (χ0n) is 11.5. The Kier molecular flexibility index (Phi) is 6.29. The molecule has 1 aromatic carbocycles. The predicted octanol–water partition coefficient (Wildman–Crippen LogP) is 2.44. The highest BCUT2D eigenvalue weighted by Gasteiger charge is 2.11. The maximum absolute atomic E-state index is 13.2. The van der Waals surface area contributed by atoms with Crippen LogP contribution in [0.15, 0.2) is 18.2 Å². The maximum Gasteiger partial charge on any atom is 0.305 e. The largest absolute Gasteiger partial charge is 0.493 e. The number of hydrogen-bond acceptors (Lipinski definition) is 4. The summed E-state index contributed by atoms with van der Waals surface area (Å²) in [5.41, 5.74) is 0.891. The molecule has 0 fully saturated rings. The van der Waals surface area contributed by atoms with Gasteiger partial charge in [0.15, 0.2) is 0 Å². The van der Waals surface area contributed by atoms with Crippen LogP contribution < -0.4 is 10.1 Å². The molecule has 0 bridgehead atoms. The van der Waals surface area contributed by atoms with Gasteiger partial charge in [0.1, 0.15) is 11.6 Å². The smallest absolute Gasteiger partial charge is 0.305 e. The Balaban J connectivity index is 2.60. The van der Waals surface area contributed by atoms with E-state index in [4.69, 9.17) is 4.74 Å². The fourth-order valence-electron chi connectivity index (χ4n) is 1.65. The number of halogens is 1. The monoisotopic (exact) mass is 269 g/mol. The number of nitrogens with one attached hydrogen (secondary N) is 1. The number of carbonyl (C=O) groups excluding carboxylic acids is 1. The fourth-order valence-corrected chi connectivity index (χ4v) is 1.65. The highest BCUT2D eigenvalue weighted by atomic mass is 19.1. The van der Waals surface area contributed by atoms with E-state index in [1.165, 1.54) is 19.2 Å². The zero-order valence-corrected chi connectivity index (χ0v) is 11.5. The van der Waals surface area contributed by atoms with Gasteiger partial charge in [-0.05, 0) is 26.5 Å². The Morgan fingerprint density at radius 1 is 1.47 bits per heavy atom. The molecule has 0 saturated carbocycles. The van der Waals surface area contributed by atoms with Crippen LogP contribution in [0, 0.1) is 5.82 Å². The normalized spacial score (nSPS) is 12.0. The standard InChI is InChI=1S/C14H20FNO3/c1-10(16-2)12-7-6-11(15)9-13(12)19-8-4-5-14(17)18-3/h6-7,9-10,16H,4-5,8H2,1-3H3. The quantitative estimate of drug-likeness (QED) is 0.610. The van der Waals surface area contributed by atoms with Gasteiger partial charge in [-0.3, -0.25) is 4.79 Å². The lowest BCUT2D eigenvalue weighted by atomic mass is 10.1. The first-order valence-electron chi connectivity index (χ1n) is 6.24. The van der Waals surface area contributed by atoms with E-state index < -0.39 is 0 Å². The molecule has 0 aliphatic heterocycles. The van der Waals surface area contributed by atoms with Crippen LogP contribution in [0.2, 0.25) is 0 Å². The van der Waals surface area contributed by atoms with E-state index in [2.05, 4.69) is 10.1 Å². The van der Waals surface area contributed by atoms with E-state index in [0.29, 0.717) is 25.2 Å². The van der Waals surface area contributed by atoms with E-state index in [-0.39, 0.29) is 17.8 Å². The molecule has 1 N–H and O–H groups in total. The summed E-state index contributed by atoms with van der Waals surface area (Å²) in [6.45, 7) is 2.32. The van der Waals surface area contributed by atoms with Crippen LogP contribution in [0.25, 0.3) is 0 Å². The first-order valence-corrected chi connectivity index (χ1v) is 6.24. The predicted molar refractivity (Wildman–Crippen MR) is 70.6 cm³/mol. The number of benzene rings is 1. The lowest BCUT2D eigenvalue weighted by Crippen LogP contribution is -2.14. The third kappa shape index (κ3) is 4.87. The molecule has 0 aliphatic rings. The van der Waals surface area contributed by atoms with Crippen molar-refractivity contribution in [1.82, 2.24) is 5.32 Å². The molecule has 1 unspecified atom stereocenters. The van der Waals surface area contributed by atoms with E-state index in [1.807, 2.05) is 14.0 Å². The molecule has 0 spiro atoms. The molecule has 0 aromatic heterocycles. The summed E-state index contributed by atoms with van der Waals surface area (Å²) >= 11 is 0. The van der Waals surface area contributed by atoms with Crippen LogP contribution in [0.1, 0.15) is 31.4 Å². The van der Waals surface area contributed by atoms with Crippen LogP contribution in [-0.2, 0) is 9.53 Å². The average Bonchev–Trinajstić information content (AvgIpc) is 2.42. The van der Waals surface area contributed by atoms with E-state index >= 15 is 0 Å². The first kappa shape index (κ1) is 15.4. The van der Waals surface area contributed by atoms with Crippen LogP contribution in [0.4, 0.5) is 4.39 Å². The molecule has 1 atom stereocenters. The van der Waals surface area contributed by atoms with Gasteiger partial charge < -0.3 is 14.8 Å². The summed E-state index contributed by atoms with van der Waals surface area (Å²) in [4.78, 5) is 11.0. The molecule has 5 heteroatoms. The van der Waals surface area contributed by atoms with Gasteiger partial charge >= 0.3 is 5.97 Å². The second-order valence-electron chi connectivity index (χ2n) is 4.22. The number of carbonyl (C=O) groups is 1. The van der Waals surface area contributed by atoms with Crippen molar-refractivity contribution < 1.29 is 18.7 Å². The van der Waals surface area contributed by atoms with Crippen molar-refractivity contribution in [2.75, 3.05) is 20.8 Å². The Morgan fingerprint density at radius 2 is 2.21 bits per heavy atom. The van der Waals surface area contributed by atoms with Crippen molar-refractivity contribution in [2.45, 2.75) is 25.8 Å². The summed E-state index contributed by atoms with van der Waals surface area (Å²) < 4.78 is 23.3. The van der Waals surface area contributed by atoms with Gasteiger partial charge in [0.25, 0.3) is 0 Å². The second kappa shape index (κ2) is 7.74. The summed E-state index contributed by atoms with van der Waals surface area (Å²) in [6, 6.07) is 4.54. The summed E-state index contributed by atoms with van der Waals surface area (Å²) in [6.07, 6.45) is 0.833. The molecule has 106 valence electrons. The van der Waals surface area contributed by atoms with Crippen LogP contribution in [-0.4, -0.2) is 26.7 Å². The van der Waals surface area contributed by atoms with Crippen LogP contribution in [0.5, 0.6) is 5.75 Å². The molecule has 19 heavy (non-hydrogen) atoms. The SMILES string of the molecule is CNC(C)c1ccc(F)cc1OCCCC(=O)OC. The molecular formula is C14H20FNO3. The van der Waals surface area contributed by atoms with Crippen molar-refractivity contribution >= 4 is 5.97 Å². The minimum Gasteiger partial charge on any atom is -0.493 e. The number of hydrogen-bond donors (Lipinski definition) is 1. The molecule has 1 rings (SSSR count). The van der Waals surface area contributed by atoms with Gasteiger partial charge in [-0.25, -0.2) is 4.39 Å². The number of rotatable bonds is 7. The van der Waals surface area contributed by atoms with Crippen molar-refractivity contribution in [3.8, 4) is 5.75 Å². The maximum atomic E-state index is 13.2.